The maximum atomic E-state index is 12.4. The summed E-state index contributed by atoms with van der Waals surface area (Å²) in [6, 6.07) is 0.398. The number of likely N-dealkylation sites (tertiary alicyclic amines) is 1. The van der Waals surface area contributed by atoms with Crippen LogP contribution in [0.5, 0.6) is 0 Å². The quantitative estimate of drug-likeness (QED) is 0.833. The maximum absolute atomic E-state index is 12.4. The van der Waals surface area contributed by atoms with E-state index in [1.54, 1.807) is 0 Å². The van der Waals surface area contributed by atoms with E-state index < -0.39 is 0 Å². The van der Waals surface area contributed by atoms with Crippen molar-refractivity contribution < 1.29 is 4.79 Å². The fourth-order valence-corrected chi connectivity index (χ4v) is 3.40. The molecule has 2 aliphatic heterocycles. The number of carbonyl (C=O) groups is 1. The average molecular weight is 266 g/mol. The van der Waals surface area contributed by atoms with Crippen LogP contribution in [0, 0.1) is 17.3 Å². The van der Waals surface area contributed by atoms with E-state index in [9.17, 15) is 4.79 Å². The minimum absolute atomic E-state index is 0.325. The third-order valence-electron chi connectivity index (χ3n) is 5.09. The highest BCUT2D eigenvalue weighted by Crippen LogP contribution is 2.34. The van der Waals surface area contributed by atoms with Gasteiger partial charge in [0, 0.05) is 25.6 Å². The molecule has 110 valence electrons. The molecule has 3 unspecified atom stereocenters. The van der Waals surface area contributed by atoms with Crippen LogP contribution in [0.4, 0.5) is 0 Å². The molecule has 1 N–H and O–H groups in total. The number of hydrogen-bond donors (Lipinski definition) is 1. The summed E-state index contributed by atoms with van der Waals surface area (Å²) in [5.41, 5.74) is 0.325. The highest BCUT2D eigenvalue weighted by Gasteiger charge is 2.35. The van der Waals surface area contributed by atoms with Gasteiger partial charge in [-0.3, -0.25) is 4.79 Å². The second-order valence-electron chi connectivity index (χ2n) is 7.58. The van der Waals surface area contributed by atoms with Crippen molar-refractivity contribution in [3.05, 3.63) is 0 Å². The van der Waals surface area contributed by atoms with E-state index in [4.69, 9.17) is 0 Å². The molecule has 2 heterocycles. The standard InChI is InChI=1S/C16H30N2O/c1-12-6-5-8-17-14(12)10-15(19)18-9-7-13(11-18)16(2,3)4/h12-14,17H,5-11H2,1-4H3. The molecule has 1 amide bonds. The summed E-state index contributed by atoms with van der Waals surface area (Å²) in [6.07, 6.45) is 4.37. The van der Waals surface area contributed by atoms with Gasteiger partial charge in [-0.15, -0.1) is 0 Å². The molecule has 0 aliphatic carbocycles. The molecule has 3 nitrogen and oxygen atoms in total. The lowest BCUT2D eigenvalue weighted by molar-refractivity contribution is -0.131. The van der Waals surface area contributed by atoms with Gasteiger partial charge in [0.05, 0.1) is 0 Å². The predicted molar refractivity (Wildman–Crippen MR) is 78.9 cm³/mol. The van der Waals surface area contributed by atoms with E-state index in [1.807, 2.05) is 0 Å². The second kappa shape index (κ2) is 5.82. The van der Waals surface area contributed by atoms with E-state index >= 15 is 0 Å². The Morgan fingerprint density at radius 1 is 1.32 bits per heavy atom. The SMILES string of the molecule is CC1CCCNC1CC(=O)N1CCC(C(C)(C)C)C1. The van der Waals surface area contributed by atoms with Crippen LogP contribution >= 0.6 is 0 Å². The molecule has 0 aromatic carbocycles. The van der Waals surface area contributed by atoms with Crippen LogP contribution in [-0.2, 0) is 4.79 Å². The number of nitrogens with one attached hydrogen (secondary N) is 1. The van der Waals surface area contributed by atoms with Crippen LogP contribution < -0.4 is 5.32 Å². The molecule has 0 aromatic heterocycles. The zero-order valence-electron chi connectivity index (χ0n) is 13.0. The number of hydrogen-bond acceptors (Lipinski definition) is 2. The number of piperidine rings is 1. The summed E-state index contributed by atoms with van der Waals surface area (Å²) in [7, 11) is 0. The van der Waals surface area contributed by atoms with Crippen molar-refractivity contribution in [2.24, 2.45) is 17.3 Å². The van der Waals surface area contributed by atoms with Crippen LogP contribution in [0.1, 0.15) is 53.4 Å². The molecule has 2 rings (SSSR count). The molecule has 0 saturated carbocycles. The number of rotatable bonds is 2. The molecule has 2 aliphatic rings. The first-order valence-corrected chi connectivity index (χ1v) is 7.89. The lowest BCUT2D eigenvalue weighted by Gasteiger charge is -2.31. The van der Waals surface area contributed by atoms with Gasteiger partial charge in [-0.1, -0.05) is 27.7 Å². The monoisotopic (exact) mass is 266 g/mol. The lowest BCUT2D eigenvalue weighted by atomic mass is 9.80. The fourth-order valence-electron chi connectivity index (χ4n) is 3.40. The largest absolute Gasteiger partial charge is 0.342 e. The molecule has 3 heteroatoms. The molecule has 3 atom stereocenters. The van der Waals surface area contributed by atoms with Crippen molar-refractivity contribution in [2.45, 2.75) is 59.4 Å². The van der Waals surface area contributed by atoms with E-state index in [-0.39, 0.29) is 0 Å². The van der Waals surface area contributed by atoms with E-state index in [0.717, 1.165) is 19.6 Å². The van der Waals surface area contributed by atoms with Gasteiger partial charge in [-0.25, -0.2) is 0 Å². The van der Waals surface area contributed by atoms with Gasteiger partial charge in [0.2, 0.25) is 5.91 Å². The van der Waals surface area contributed by atoms with Crippen LogP contribution in [0.2, 0.25) is 0 Å². The Morgan fingerprint density at radius 3 is 2.63 bits per heavy atom. The first-order valence-electron chi connectivity index (χ1n) is 7.89. The van der Waals surface area contributed by atoms with E-state index in [1.165, 1.54) is 19.3 Å². The van der Waals surface area contributed by atoms with Crippen molar-refractivity contribution >= 4 is 5.91 Å². The molecule has 2 saturated heterocycles. The molecule has 0 bridgehead atoms. The van der Waals surface area contributed by atoms with Gasteiger partial charge in [0.25, 0.3) is 0 Å². The smallest absolute Gasteiger partial charge is 0.224 e. The van der Waals surface area contributed by atoms with Crippen molar-refractivity contribution in [2.75, 3.05) is 19.6 Å². The van der Waals surface area contributed by atoms with Crippen molar-refractivity contribution in [1.29, 1.82) is 0 Å². The molecule has 0 aromatic rings. The van der Waals surface area contributed by atoms with E-state index in [2.05, 4.69) is 37.9 Å². The van der Waals surface area contributed by atoms with Gasteiger partial charge >= 0.3 is 0 Å². The minimum Gasteiger partial charge on any atom is -0.342 e. The zero-order chi connectivity index (χ0) is 14.0. The summed E-state index contributed by atoms with van der Waals surface area (Å²) in [4.78, 5) is 14.5. The molecule has 19 heavy (non-hydrogen) atoms. The highest BCUT2D eigenvalue weighted by molar-refractivity contribution is 5.77. The third kappa shape index (κ3) is 3.71. The topological polar surface area (TPSA) is 32.3 Å². The molecule has 0 radical (unpaired) electrons. The summed E-state index contributed by atoms with van der Waals surface area (Å²) >= 11 is 0. The first kappa shape index (κ1) is 14.8. The minimum atomic E-state index is 0.325. The third-order valence-corrected chi connectivity index (χ3v) is 5.09. The Kier molecular flexibility index (Phi) is 4.54. The highest BCUT2D eigenvalue weighted by atomic mass is 16.2. The van der Waals surface area contributed by atoms with Gasteiger partial charge in [0.1, 0.15) is 0 Å². The Bertz CT molecular complexity index is 321. The van der Waals surface area contributed by atoms with Crippen molar-refractivity contribution in [3.63, 3.8) is 0 Å². The van der Waals surface area contributed by atoms with Gasteiger partial charge in [0.15, 0.2) is 0 Å². The van der Waals surface area contributed by atoms with Crippen LogP contribution in [0.3, 0.4) is 0 Å². The Balaban J connectivity index is 1.84. The summed E-state index contributed by atoms with van der Waals surface area (Å²) in [5, 5.41) is 3.52. The fraction of sp³-hybridized carbons (Fsp3) is 0.938. The van der Waals surface area contributed by atoms with E-state index in [0.29, 0.717) is 35.6 Å². The predicted octanol–water partition coefficient (Wildman–Crippen LogP) is 2.66. The van der Waals surface area contributed by atoms with Gasteiger partial charge in [-0.05, 0) is 43.1 Å². The van der Waals surface area contributed by atoms with Crippen LogP contribution in [0.15, 0.2) is 0 Å². The Hall–Kier alpha value is -0.570. The van der Waals surface area contributed by atoms with Crippen LogP contribution in [-0.4, -0.2) is 36.5 Å². The summed E-state index contributed by atoms with van der Waals surface area (Å²) < 4.78 is 0. The number of nitrogens with zero attached hydrogens (tertiary/aromatic N) is 1. The zero-order valence-corrected chi connectivity index (χ0v) is 13.0. The number of amides is 1. The maximum Gasteiger partial charge on any atom is 0.224 e. The Morgan fingerprint density at radius 2 is 2.05 bits per heavy atom. The molecular formula is C16H30N2O. The summed E-state index contributed by atoms with van der Waals surface area (Å²) in [6.45, 7) is 12.1. The lowest BCUT2D eigenvalue weighted by Crippen LogP contribution is -2.44. The first-order chi connectivity index (χ1) is 8.88. The second-order valence-corrected chi connectivity index (χ2v) is 7.58. The average Bonchev–Trinajstić information content (AvgIpc) is 2.81. The molecule has 2 fully saturated rings. The van der Waals surface area contributed by atoms with Crippen LogP contribution in [0.25, 0.3) is 0 Å². The molecule has 0 spiro atoms. The van der Waals surface area contributed by atoms with Gasteiger partial charge < -0.3 is 10.2 Å². The summed E-state index contributed by atoms with van der Waals surface area (Å²) in [5.74, 6) is 1.66. The Labute approximate surface area is 118 Å². The molecular weight excluding hydrogens is 236 g/mol. The normalized spacial score (nSPS) is 32.6. The van der Waals surface area contributed by atoms with Crippen molar-refractivity contribution in [1.82, 2.24) is 10.2 Å². The van der Waals surface area contributed by atoms with Crippen molar-refractivity contribution in [3.8, 4) is 0 Å². The number of carbonyl (C=O) groups excluding carboxylic acids is 1. The van der Waals surface area contributed by atoms with Gasteiger partial charge in [-0.2, -0.15) is 0 Å².